The normalized spacial score (nSPS) is 12.2. The predicted molar refractivity (Wildman–Crippen MR) is 73.2 cm³/mol. The number of benzene rings is 1. The van der Waals surface area contributed by atoms with Gasteiger partial charge in [-0.25, -0.2) is 0 Å². The number of carboxylic acids is 1. The Morgan fingerprint density at radius 2 is 1.84 bits per heavy atom. The van der Waals surface area contributed by atoms with Gasteiger partial charge in [-0.05, 0) is 32.4 Å². The summed E-state index contributed by atoms with van der Waals surface area (Å²) in [6.07, 6.45) is -0.242. The molecule has 0 aliphatic rings. The van der Waals surface area contributed by atoms with Crippen LogP contribution in [0, 0.1) is 0 Å². The van der Waals surface area contributed by atoms with Crippen LogP contribution in [0.25, 0.3) is 0 Å². The molecule has 1 rings (SSSR count). The second-order valence-electron chi connectivity index (χ2n) is 5.19. The molecule has 7 heteroatoms. The van der Waals surface area contributed by atoms with Crippen molar-refractivity contribution in [1.29, 1.82) is 0 Å². The lowest BCUT2D eigenvalue weighted by Crippen LogP contribution is -2.43. The first-order valence-corrected chi connectivity index (χ1v) is 7.19. The Morgan fingerprint density at radius 3 is 2.37 bits per heavy atom. The third-order valence-electron chi connectivity index (χ3n) is 2.04. The molecule has 0 saturated carbocycles. The van der Waals surface area contributed by atoms with Crippen molar-refractivity contribution in [2.24, 2.45) is 0 Å². The molecular weight excluding hydrogens is 268 g/mol. The lowest BCUT2D eigenvalue weighted by atomic mass is 10.1. The zero-order valence-corrected chi connectivity index (χ0v) is 11.9. The first-order chi connectivity index (χ1) is 8.59. The highest BCUT2D eigenvalue weighted by atomic mass is 32.2. The number of carboxylic acid groups (broad SMARTS) is 1. The first-order valence-electron chi connectivity index (χ1n) is 5.70. The molecule has 0 bridgehead atoms. The highest BCUT2D eigenvalue weighted by molar-refractivity contribution is 7.90. The Hall–Kier alpha value is -1.60. The van der Waals surface area contributed by atoms with Crippen LogP contribution in [0.5, 0.6) is 0 Å². The molecular formula is C12H18N2O4S. The highest BCUT2D eigenvalue weighted by Gasteiger charge is 2.20. The van der Waals surface area contributed by atoms with Gasteiger partial charge in [0.2, 0.25) is 0 Å². The van der Waals surface area contributed by atoms with Gasteiger partial charge in [0.05, 0.1) is 12.1 Å². The van der Waals surface area contributed by atoms with Crippen LogP contribution < -0.4 is 9.44 Å². The van der Waals surface area contributed by atoms with Gasteiger partial charge < -0.3 is 5.11 Å². The summed E-state index contributed by atoms with van der Waals surface area (Å²) in [4.78, 5) is 10.7. The van der Waals surface area contributed by atoms with E-state index in [2.05, 4.69) is 9.44 Å². The summed E-state index contributed by atoms with van der Waals surface area (Å²) in [5.74, 6) is -1.02. The molecule has 3 N–H and O–H groups in total. The van der Waals surface area contributed by atoms with E-state index in [-0.39, 0.29) is 12.1 Å². The molecule has 0 aliphatic heterocycles. The van der Waals surface area contributed by atoms with E-state index in [0.717, 1.165) is 0 Å². The van der Waals surface area contributed by atoms with Crippen LogP contribution in [0.2, 0.25) is 0 Å². The largest absolute Gasteiger partial charge is 0.481 e. The number of aliphatic carboxylic acids is 1. The first kappa shape index (κ1) is 15.5. The van der Waals surface area contributed by atoms with Crippen LogP contribution in [0.15, 0.2) is 24.3 Å². The van der Waals surface area contributed by atoms with E-state index >= 15 is 0 Å². The van der Waals surface area contributed by atoms with E-state index in [4.69, 9.17) is 5.11 Å². The molecule has 106 valence electrons. The molecule has 0 heterocycles. The fourth-order valence-electron chi connectivity index (χ4n) is 1.51. The van der Waals surface area contributed by atoms with Crippen molar-refractivity contribution >= 4 is 21.9 Å². The maximum Gasteiger partial charge on any atom is 0.307 e. The second kappa shape index (κ2) is 5.58. The minimum atomic E-state index is -3.74. The zero-order chi connectivity index (χ0) is 14.7. The SMILES string of the molecule is CC(C)(C)NS(=O)(=O)Nc1ccccc1CC(=O)O. The van der Waals surface area contributed by atoms with E-state index < -0.39 is 21.7 Å². The molecule has 0 unspecified atom stereocenters. The third kappa shape index (κ3) is 5.71. The summed E-state index contributed by atoms with van der Waals surface area (Å²) in [5.41, 5.74) is 0.0593. The van der Waals surface area contributed by atoms with Crippen LogP contribution in [-0.4, -0.2) is 25.0 Å². The number of hydrogen-bond acceptors (Lipinski definition) is 3. The molecule has 0 atom stereocenters. The minimum Gasteiger partial charge on any atom is -0.481 e. The second-order valence-corrected chi connectivity index (χ2v) is 6.60. The lowest BCUT2D eigenvalue weighted by molar-refractivity contribution is -0.136. The Kier molecular flexibility index (Phi) is 4.54. The number of nitrogens with one attached hydrogen (secondary N) is 2. The number of hydrogen-bond donors (Lipinski definition) is 3. The molecule has 0 fully saturated rings. The van der Waals surface area contributed by atoms with Crippen molar-refractivity contribution in [1.82, 2.24) is 4.72 Å². The van der Waals surface area contributed by atoms with Crippen LogP contribution in [0.3, 0.4) is 0 Å². The fraction of sp³-hybridized carbons (Fsp3) is 0.417. The van der Waals surface area contributed by atoms with Crippen molar-refractivity contribution in [2.45, 2.75) is 32.7 Å². The number of carbonyl (C=O) groups is 1. The average Bonchev–Trinajstić information content (AvgIpc) is 2.15. The summed E-state index contributed by atoms with van der Waals surface area (Å²) < 4.78 is 28.6. The van der Waals surface area contributed by atoms with Crippen molar-refractivity contribution in [3.63, 3.8) is 0 Å². The maximum atomic E-state index is 11.9. The topological polar surface area (TPSA) is 95.5 Å². The highest BCUT2D eigenvalue weighted by Crippen LogP contribution is 2.17. The van der Waals surface area contributed by atoms with Gasteiger partial charge in [0.1, 0.15) is 0 Å². The zero-order valence-electron chi connectivity index (χ0n) is 11.1. The number of para-hydroxylation sites is 1. The molecule has 1 aromatic carbocycles. The van der Waals surface area contributed by atoms with E-state index in [0.29, 0.717) is 5.56 Å². The van der Waals surface area contributed by atoms with Crippen LogP contribution in [-0.2, 0) is 21.4 Å². The number of rotatable bonds is 5. The Morgan fingerprint density at radius 1 is 1.26 bits per heavy atom. The van der Waals surface area contributed by atoms with E-state index in [1.165, 1.54) is 6.07 Å². The van der Waals surface area contributed by atoms with E-state index in [1.54, 1.807) is 39.0 Å². The Balaban J connectivity index is 2.96. The van der Waals surface area contributed by atoms with Gasteiger partial charge in [-0.15, -0.1) is 0 Å². The molecule has 1 aromatic rings. The van der Waals surface area contributed by atoms with Gasteiger partial charge in [0.25, 0.3) is 10.2 Å². The molecule has 0 saturated heterocycles. The molecule has 19 heavy (non-hydrogen) atoms. The monoisotopic (exact) mass is 286 g/mol. The Labute approximate surface area is 113 Å². The molecule has 0 spiro atoms. The smallest absolute Gasteiger partial charge is 0.307 e. The van der Waals surface area contributed by atoms with Crippen molar-refractivity contribution in [2.75, 3.05) is 4.72 Å². The van der Waals surface area contributed by atoms with Crippen LogP contribution in [0.4, 0.5) is 5.69 Å². The van der Waals surface area contributed by atoms with Crippen molar-refractivity contribution in [3.8, 4) is 0 Å². The summed E-state index contributed by atoms with van der Waals surface area (Å²) in [7, 11) is -3.74. The summed E-state index contributed by atoms with van der Waals surface area (Å²) in [6, 6.07) is 6.40. The van der Waals surface area contributed by atoms with Gasteiger partial charge >= 0.3 is 5.97 Å². The van der Waals surface area contributed by atoms with Gasteiger partial charge in [-0.3, -0.25) is 9.52 Å². The quantitative estimate of drug-likeness (QED) is 0.761. The molecule has 6 nitrogen and oxygen atoms in total. The third-order valence-corrected chi connectivity index (χ3v) is 3.41. The summed E-state index contributed by atoms with van der Waals surface area (Å²) in [5, 5.41) is 8.78. The van der Waals surface area contributed by atoms with E-state index in [1.807, 2.05) is 0 Å². The molecule has 0 radical (unpaired) electrons. The van der Waals surface area contributed by atoms with Gasteiger partial charge in [-0.1, -0.05) is 18.2 Å². The molecule has 0 aliphatic carbocycles. The average molecular weight is 286 g/mol. The predicted octanol–water partition coefficient (Wildman–Crippen LogP) is 1.36. The standard InChI is InChI=1S/C12H18N2O4S/c1-12(2,3)14-19(17,18)13-10-7-5-4-6-9(10)8-11(15)16/h4-7,13-14H,8H2,1-3H3,(H,15,16). The van der Waals surface area contributed by atoms with Crippen molar-refractivity contribution < 1.29 is 18.3 Å². The summed E-state index contributed by atoms with van der Waals surface area (Å²) >= 11 is 0. The summed E-state index contributed by atoms with van der Waals surface area (Å²) in [6.45, 7) is 5.15. The minimum absolute atomic E-state index is 0.242. The Bertz CT molecular complexity index is 561. The lowest BCUT2D eigenvalue weighted by Gasteiger charge is -2.21. The maximum absolute atomic E-state index is 11.9. The van der Waals surface area contributed by atoms with Crippen molar-refractivity contribution in [3.05, 3.63) is 29.8 Å². The van der Waals surface area contributed by atoms with Gasteiger partial charge in [0.15, 0.2) is 0 Å². The molecule has 0 amide bonds. The van der Waals surface area contributed by atoms with Crippen LogP contribution >= 0.6 is 0 Å². The van der Waals surface area contributed by atoms with Gasteiger partial charge in [0, 0.05) is 5.54 Å². The van der Waals surface area contributed by atoms with E-state index in [9.17, 15) is 13.2 Å². The molecule has 0 aromatic heterocycles. The fourth-order valence-corrected chi connectivity index (χ4v) is 2.86. The van der Waals surface area contributed by atoms with Crippen LogP contribution in [0.1, 0.15) is 26.3 Å². The van der Waals surface area contributed by atoms with Gasteiger partial charge in [-0.2, -0.15) is 13.1 Å². The number of anilines is 1.